The van der Waals surface area contributed by atoms with Crippen LogP contribution in [0.5, 0.6) is 0 Å². The van der Waals surface area contributed by atoms with Crippen LogP contribution in [0, 0.1) is 12.3 Å². The van der Waals surface area contributed by atoms with Crippen molar-refractivity contribution in [1.82, 2.24) is 0 Å². The molecule has 0 heterocycles. The van der Waals surface area contributed by atoms with Gasteiger partial charge in [-0.15, -0.1) is 6.42 Å². The highest BCUT2D eigenvalue weighted by Gasteiger charge is 2.31. The van der Waals surface area contributed by atoms with Gasteiger partial charge in [0.2, 0.25) is 0 Å². The first-order chi connectivity index (χ1) is 33.1. The monoisotopic (exact) mass is 842 g/mol. The first-order valence-corrected chi connectivity index (χ1v) is 23.2. The van der Waals surface area contributed by atoms with Gasteiger partial charge in [-0.25, -0.2) is 0 Å². The number of benzene rings is 13. The van der Waals surface area contributed by atoms with Crippen LogP contribution >= 0.6 is 0 Å². The number of terminal acetylenes is 1. The van der Waals surface area contributed by atoms with Crippen LogP contribution in [0.1, 0.15) is 22.8 Å². The van der Waals surface area contributed by atoms with Crippen LogP contribution in [0.15, 0.2) is 188 Å². The molecule has 1 aliphatic rings. The SMILES string of the molecule is C#CC1=C(C=CC)C(=O)c2ccc3c4ccc5c6ccc7c8c(-c9ccccc9)c9c%10cccc%11cccc(c9c(-c9ccccc9)c8c8ccc(c9ccc(c%12ccc1c2c3%12)c4c59)c6c78)c%11%10. The topological polar surface area (TPSA) is 17.1 Å². The third-order valence-corrected chi connectivity index (χ3v) is 15.8. The standard InChI is InChI=1S/C66H34O/c1-3-13-47-37(4-2)38-22-23-43-39-24-25-40-44-28-31-50-61-51(32-29-45(59(44)61)41-26-27-42(56(39)57(40)41)46-30-33-52(66(47)67)60(38)58(43)46)65-55(36-16-9-6-10-17-36)63-49-21-12-19-34-18-11-20-48(53(34)49)62(63)54(64(50)65)35-14-7-5-8-15-35/h2-3,5-33H,1H3. The molecule has 0 radical (unpaired) electrons. The summed E-state index contributed by atoms with van der Waals surface area (Å²) in [6.07, 6.45) is 9.93. The normalized spacial score (nSPS) is 13.6. The lowest BCUT2D eigenvalue weighted by atomic mass is 9.78. The second-order valence-corrected chi connectivity index (χ2v) is 18.7. The van der Waals surface area contributed by atoms with Crippen LogP contribution in [0.25, 0.3) is 157 Å². The van der Waals surface area contributed by atoms with E-state index < -0.39 is 0 Å². The molecule has 0 saturated carbocycles. The van der Waals surface area contributed by atoms with Gasteiger partial charge in [0.05, 0.1) is 0 Å². The molecular weight excluding hydrogens is 809 g/mol. The van der Waals surface area contributed by atoms with Crippen LogP contribution in [-0.4, -0.2) is 5.78 Å². The molecule has 16 rings (SSSR count). The predicted octanol–water partition coefficient (Wildman–Crippen LogP) is 17.8. The molecule has 0 unspecified atom stereocenters. The van der Waals surface area contributed by atoms with Crippen LogP contribution in [-0.2, 0) is 0 Å². The third kappa shape index (κ3) is 4.09. The van der Waals surface area contributed by atoms with Crippen LogP contribution in [0.3, 0.4) is 0 Å². The minimum atomic E-state index is -0.0141. The van der Waals surface area contributed by atoms with Gasteiger partial charge < -0.3 is 0 Å². The van der Waals surface area contributed by atoms with Crippen molar-refractivity contribution >= 4 is 141 Å². The molecule has 67 heavy (non-hydrogen) atoms. The molecule has 304 valence electrons. The molecule has 0 aromatic heterocycles. The van der Waals surface area contributed by atoms with E-state index in [0.29, 0.717) is 16.7 Å². The van der Waals surface area contributed by atoms with Gasteiger partial charge in [-0.3, -0.25) is 4.79 Å². The number of allylic oxidation sites excluding steroid dienone is 4. The van der Waals surface area contributed by atoms with Crippen molar-refractivity contribution in [3.8, 4) is 34.6 Å². The summed E-state index contributed by atoms with van der Waals surface area (Å²) in [5, 5.41) is 30.1. The summed E-state index contributed by atoms with van der Waals surface area (Å²) < 4.78 is 0. The van der Waals surface area contributed by atoms with Crippen molar-refractivity contribution in [1.29, 1.82) is 0 Å². The summed E-state index contributed by atoms with van der Waals surface area (Å²) in [5.41, 5.74) is 7.99. The number of fused-ring (bicyclic) bond motifs is 10. The number of ketones is 1. The van der Waals surface area contributed by atoms with E-state index in [1.165, 1.54) is 130 Å². The van der Waals surface area contributed by atoms with Crippen LogP contribution in [0.4, 0.5) is 0 Å². The van der Waals surface area contributed by atoms with Crippen molar-refractivity contribution < 1.29 is 4.79 Å². The number of carbonyl (C=O) groups is 1. The maximum Gasteiger partial charge on any atom is 0.194 e. The smallest absolute Gasteiger partial charge is 0.194 e. The summed E-state index contributed by atoms with van der Waals surface area (Å²) in [6.45, 7) is 1.93. The number of hydrogen-bond acceptors (Lipinski definition) is 1. The second-order valence-electron chi connectivity index (χ2n) is 18.7. The third-order valence-electron chi connectivity index (χ3n) is 15.8. The highest BCUT2D eigenvalue weighted by atomic mass is 16.1. The Morgan fingerprint density at radius 3 is 1.16 bits per heavy atom. The average molecular weight is 843 g/mol. The number of Topliss-reactive ketones (excluding diaryl/α,β-unsaturated/α-hetero) is 1. The van der Waals surface area contributed by atoms with E-state index in [0.717, 1.165) is 27.1 Å². The molecule has 0 saturated heterocycles. The highest BCUT2D eigenvalue weighted by molar-refractivity contribution is 6.51. The average Bonchev–Trinajstić information content (AvgIpc) is 3.90. The number of hydrogen-bond donors (Lipinski definition) is 0. The van der Waals surface area contributed by atoms with E-state index in [9.17, 15) is 4.79 Å². The van der Waals surface area contributed by atoms with E-state index in [4.69, 9.17) is 6.42 Å². The molecular formula is C66H34O. The van der Waals surface area contributed by atoms with E-state index in [1.807, 2.05) is 25.1 Å². The minimum absolute atomic E-state index is 0.0141. The van der Waals surface area contributed by atoms with E-state index >= 15 is 0 Å². The molecule has 0 bridgehead atoms. The zero-order valence-electron chi connectivity index (χ0n) is 36.3. The van der Waals surface area contributed by atoms with Gasteiger partial charge in [0, 0.05) is 22.1 Å². The molecule has 0 aliphatic heterocycles. The molecule has 1 nitrogen and oxygen atoms in total. The molecule has 0 fully saturated rings. The van der Waals surface area contributed by atoms with Gasteiger partial charge in [0.1, 0.15) is 0 Å². The lowest BCUT2D eigenvalue weighted by molar-refractivity contribution is 0.103. The highest BCUT2D eigenvalue weighted by Crippen LogP contribution is 2.58. The van der Waals surface area contributed by atoms with Crippen LogP contribution < -0.4 is 0 Å². The number of rotatable bonds is 3. The zero-order chi connectivity index (χ0) is 44.0. The minimum Gasteiger partial charge on any atom is -0.289 e. The molecule has 0 N–H and O–H groups in total. The fourth-order valence-electron chi connectivity index (χ4n) is 13.4. The Bertz CT molecular complexity index is 4620. The Balaban J connectivity index is 1.09. The van der Waals surface area contributed by atoms with E-state index in [2.05, 4.69) is 170 Å². The Labute approximate surface area is 383 Å². The van der Waals surface area contributed by atoms with Gasteiger partial charge in [0.25, 0.3) is 0 Å². The second kappa shape index (κ2) is 12.3. The Morgan fingerprint density at radius 1 is 0.358 bits per heavy atom. The van der Waals surface area contributed by atoms with Crippen LogP contribution in [0.2, 0.25) is 0 Å². The summed E-state index contributed by atoms with van der Waals surface area (Å²) in [7, 11) is 0. The largest absolute Gasteiger partial charge is 0.289 e. The fraction of sp³-hybridized carbons (Fsp3) is 0.0152. The lowest BCUT2D eigenvalue weighted by Crippen LogP contribution is -2.11. The Morgan fingerprint density at radius 2 is 0.731 bits per heavy atom. The van der Waals surface area contributed by atoms with Crippen molar-refractivity contribution in [2.75, 3.05) is 0 Å². The molecule has 1 heteroatoms. The maximum absolute atomic E-state index is 14.1. The van der Waals surface area contributed by atoms with Gasteiger partial charge >= 0.3 is 0 Å². The lowest BCUT2D eigenvalue weighted by Gasteiger charge is -2.23. The molecule has 0 spiro atoms. The molecule has 1 aliphatic carbocycles. The zero-order valence-corrected chi connectivity index (χ0v) is 36.3. The Kier molecular flexibility index (Phi) is 6.51. The Hall–Kier alpha value is -8.83. The summed E-state index contributed by atoms with van der Waals surface area (Å²) in [6, 6.07) is 63.5. The fourth-order valence-corrected chi connectivity index (χ4v) is 13.4. The van der Waals surface area contributed by atoms with Gasteiger partial charge in [0.15, 0.2) is 5.78 Å². The van der Waals surface area contributed by atoms with Crippen molar-refractivity contribution in [2.45, 2.75) is 6.92 Å². The molecule has 15 aromatic rings. The maximum atomic E-state index is 14.1. The summed E-state index contributed by atoms with van der Waals surface area (Å²) in [5.74, 6) is 2.89. The van der Waals surface area contributed by atoms with E-state index in [-0.39, 0.29) is 5.78 Å². The van der Waals surface area contributed by atoms with Gasteiger partial charge in [-0.2, -0.15) is 0 Å². The first-order valence-electron chi connectivity index (χ1n) is 23.2. The van der Waals surface area contributed by atoms with E-state index in [1.54, 1.807) is 0 Å². The van der Waals surface area contributed by atoms with Crippen molar-refractivity contribution in [2.24, 2.45) is 0 Å². The van der Waals surface area contributed by atoms with Crippen molar-refractivity contribution in [3.05, 3.63) is 199 Å². The quantitative estimate of drug-likeness (QED) is 0.0984. The van der Waals surface area contributed by atoms with Gasteiger partial charge in [-0.1, -0.05) is 182 Å². The van der Waals surface area contributed by atoms with Gasteiger partial charge in [-0.05, 0) is 165 Å². The molecule has 0 amide bonds. The van der Waals surface area contributed by atoms with Crippen molar-refractivity contribution in [3.63, 3.8) is 0 Å². The summed E-state index contributed by atoms with van der Waals surface area (Å²) >= 11 is 0. The molecule has 0 atom stereocenters. The first kappa shape index (κ1) is 35.5. The predicted molar refractivity (Wildman–Crippen MR) is 287 cm³/mol. The summed E-state index contributed by atoms with van der Waals surface area (Å²) in [4.78, 5) is 14.1. The number of carbonyl (C=O) groups excluding carboxylic acids is 1. The molecule has 15 aromatic carbocycles.